The minimum absolute atomic E-state index is 0.0119. The maximum atomic E-state index is 13.2. The number of amides is 9. The van der Waals surface area contributed by atoms with Gasteiger partial charge in [-0.2, -0.15) is 9.97 Å². The molecule has 5 aromatic carbocycles. The summed E-state index contributed by atoms with van der Waals surface area (Å²) >= 11 is 0. The summed E-state index contributed by atoms with van der Waals surface area (Å²) in [5.74, 6) is 2.19. The van der Waals surface area contributed by atoms with Crippen LogP contribution in [-0.4, -0.2) is 201 Å². The van der Waals surface area contributed by atoms with Gasteiger partial charge in [-0.05, 0) is 140 Å². The number of non-ortho nitro benzene ring substituents is 1. The molecule has 38 heteroatoms. The number of rotatable bonds is 46. The van der Waals surface area contributed by atoms with Crippen molar-refractivity contribution in [3.8, 4) is 17.2 Å². The van der Waals surface area contributed by atoms with Crippen LogP contribution in [0.5, 0.6) is 17.2 Å². The third kappa shape index (κ3) is 31.3. The Morgan fingerprint density at radius 1 is 0.523 bits per heavy atom. The molecule has 2 aliphatic heterocycles. The Morgan fingerprint density at radius 2 is 0.947 bits per heavy atom. The Labute approximate surface area is 770 Å². The zero-order valence-corrected chi connectivity index (χ0v) is 77.7. The summed E-state index contributed by atoms with van der Waals surface area (Å²) in [6.07, 6.45) is 10.9. The number of nitrogen functional groups attached to an aromatic ring is 2. The van der Waals surface area contributed by atoms with Crippen molar-refractivity contribution in [3.05, 3.63) is 177 Å². The number of hydrogen-bond acceptors (Lipinski definition) is 26. The number of methoxy groups -OCH3 is 2. The van der Waals surface area contributed by atoms with Crippen LogP contribution in [0.15, 0.2) is 134 Å². The van der Waals surface area contributed by atoms with Crippen LogP contribution < -0.4 is 85.0 Å². The van der Waals surface area contributed by atoms with E-state index in [1.54, 1.807) is 81.6 Å². The van der Waals surface area contributed by atoms with Gasteiger partial charge >= 0.3 is 24.3 Å². The van der Waals surface area contributed by atoms with Crippen LogP contribution in [0.2, 0.25) is 0 Å². The molecule has 2 aliphatic rings. The molecule has 0 aliphatic carbocycles. The molecule has 38 nitrogen and oxygen atoms in total. The summed E-state index contributed by atoms with van der Waals surface area (Å²) in [7, 11) is 7.19. The Hall–Kier alpha value is -13.6. The number of benzene rings is 5. The van der Waals surface area contributed by atoms with E-state index in [1.165, 1.54) is 42.7 Å². The van der Waals surface area contributed by atoms with Gasteiger partial charge in [-0.1, -0.05) is 130 Å². The van der Waals surface area contributed by atoms with Crippen LogP contribution in [-0.2, 0) is 68.0 Å². The minimum atomic E-state index is -0.985. The highest BCUT2D eigenvalue weighted by Gasteiger charge is 2.34. The fraction of sp³-hybridized carbons (Fsp3) is 0.468. The molecule has 0 saturated carbocycles. The van der Waals surface area contributed by atoms with Gasteiger partial charge in [0, 0.05) is 137 Å². The fourth-order valence-electron chi connectivity index (χ4n) is 14.6. The van der Waals surface area contributed by atoms with Crippen molar-refractivity contribution in [3.63, 3.8) is 0 Å². The van der Waals surface area contributed by atoms with Crippen LogP contribution in [0.25, 0.3) is 22.1 Å². The number of aromatic nitrogens is 6. The molecule has 2 fully saturated rings. The Morgan fingerprint density at radius 3 is 1.35 bits per heavy atom. The average molecular weight is 1820 g/mol. The van der Waals surface area contributed by atoms with Gasteiger partial charge in [-0.15, -0.1) is 0 Å². The quantitative estimate of drug-likeness (QED) is 0.00554. The number of nitrogens with zero attached hydrogens (tertiary/aromatic N) is 10. The molecule has 0 radical (unpaired) electrons. The van der Waals surface area contributed by atoms with Gasteiger partial charge in [-0.25, -0.2) is 29.1 Å². The highest BCUT2D eigenvalue weighted by atomic mass is 16.7. The number of hydrogen-bond donors (Lipinski definition) is 13. The van der Waals surface area contributed by atoms with E-state index in [0.29, 0.717) is 80.9 Å². The molecule has 9 amide bonds. The van der Waals surface area contributed by atoms with E-state index in [9.17, 15) is 48.5 Å². The number of fused-ring (bicyclic) bond motifs is 2. The maximum absolute atomic E-state index is 13.2. The van der Waals surface area contributed by atoms with Gasteiger partial charge in [0.2, 0.25) is 35.5 Å². The number of ether oxygens (including phenoxy) is 5. The first kappa shape index (κ1) is 102. The zero-order chi connectivity index (χ0) is 95.5. The number of likely N-dealkylation sites (tertiary alicyclic amines) is 2. The summed E-state index contributed by atoms with van der Waals surface area (Å²) in [5, 5.41) is 37.1. The summed E-state index contributed by atoms with van der Waals surface area (Å²) in [6, 6.07) is 32.9. The summed E-state index contributed by atoms with van der Waals surface area (Å²) in [6.45, 7) is 24.4. The van der Waals surface area contributed by atoms with Crippen molar-refractivity contribution in [2.24, 2.45) is 35.1 Å². The van der Waals surface area contributed by atoms with Gasteiger partial charge < -0.3 is 109 Å². The number of carbonyl (C=O) groups excluding carboxylic acids is 8. The van der Waals surface area contributed by atoms with Crippen molar-refractivity contribution < 1.29 is 67.0 Å². The molecule has 712 valence electrons. The van der Waals surface area contributed by atoms with Crippen LogP contribution in [0, 0.1) is 33.8 Å². The zero-order valence-electron chi connectivity index (χ0n) is 77.7. The number of nitrogens with one attached hydrogen (secondary N) is 9. The lowest BCUT2D eigenvalue weighted by Gasteiger charge is -2.43. The molecular formula is C94H131N23O15. The Balaban J connectivity index is 0.000000237. The number of carbonyl (C=O) groups is 8. The minimum Gasteiger partial charge on any atom is -0.496 e. The number of urea groups is 2. The van der Waals surface area contributed by atoms with E-state index in [-0.39, 0.29) is 97.5 Å². The second-order valence-corrected chi connectivity index (χ2v) is 33.8. The fourth-order valence-corrected chi connectivity index (χ4v) is 14.6. The van der Waals surface area contributed by atoms with E-state index in [1.807, 2.05) is 66.2 Å². The van der Waals surface area contributed by atoms with Crippen LogP contribution in [0.1, 0.15) is 153 Å². The highest BCUT2D eigenvalue weighted by molar-refractivity contribution is 5.98. The van der Waals surface area contributed by atoms with Crippen molar-refractivity contribution in [1.29, 1.82) is 0 Å². The number of primary amides is 2. The Kier molecular flexibility index (Phi) is 39.5. The summed E-state index contributed by atoms with van der Waals surface area (Å²) < 4.78 is 31.6. The molecule has 17 N–H and O–H groups in total. The number of anilines is 6. The second-order valence-electron chi connectivity index (χ2n) is 33.8. The smallest absolute Gasteiger partial charge is 0.496 e. The molecule has 6 heterocycles. The predicted molar refractivity (Wildman–Crippen MR) is 509 cm³/mol. The SMILES string of the molecule is CC(C)[C@H](C)C(=O)N[C@@H](CCCNC(N)=O)C(=O)Nc1ccc(COC(=O)Oc2ccc([N+](=O)[O-])cc2)cc1.CCCCCNc1nc(N)nc2ccn(Cc3ccc(CN4CC(N(C)C(=O)OCc5ccc(NC(=O)[C@H](CCCNC(N)=O)NC(=O)[C@@H](C)C(C)C)cc5)C4)cc3OC)c12.CCCCCNc1nc(N)nc2ccn(Cc3ccc(CN4CC(NC)C4)cc3OC)c12. The summed E-state index contributed by atoms with van der Waals surface area (Å²) in [4.78, 5) is 133. The van der Waals surface area contributed by atoms with Crippen LogP contribution in [0.3, 0.4) is 0 Å². The number of nitrogens with two attached hydrogens (primary N) is 4. The van der Waals surface area contributed by atoms with Gasteiger partial charge in [0.1, 0.15) is 53.6 Å². The van der Waals surface area contributed by atoms with E-state index in [4.69, 9.17) is 46.6 Å². The molecule has 0 spiro atoms. The standard InChI is InChI=1S/C44H63N11O6.C26H33N5O8.C24H35N7O/c1-7-8-9-19-47-39-38-35(51-42(45)52-39)18-21-55(38)24-32-15-12-31(22-37(32)60-6)23-54-25-34(26-54)53(5)44(59)61-27-30-13-16-33(17-14-30)49-41(57)36(11-10-20-48-43(46)58)50-40(56)29(4)28(2)3;1-16(2)17(3)23(32)30-22(5-4-14-28-25(27)34)24(33)29-19-8-6-18(7-9-19)15-38-26(35)39-21-12-10-20(11-13-21)31(36)37;1-4-5-6-10-27-23-22-20(28-24(25)29-23)9-11-31(22)14-18-8-7-17(12-21(18)32-3)13-30-15-19(16-30)26-2/h12-18,21-22,28-29,34,36H,7-11,19-20,23-27H2,1-6H3,(H,49,57)(H,50,56)(H3,46,48,58)(H3,45,47,51,52);6-13,16-17,22H,4-5,14-15H2,1-3H3,(H,29,33)(H,30,32)(H3,27,28,34);7-9,11-12,19,26H,4-6,10,13-16H2,1-3H3,(H3,25,27,28,29)/t29-,36-;17-,22-;/m00./s1. The van der Waals surface area contributed by atoms with Gasteiger partial charge in [0.05, 0.1) is 49.3 Å². The topological polar surface area (TPSA) is 509 Å². The largest absolute Gasteiger partial charge is 0.514 e. The molecule has 11 rings (SSSR count). The van der Waals surface area contributed by atoms with Crippen LogP contribution >= 0.6 is 0 Å². The van der Waals surface area contributed by atoms with Gasteiger partial charge in [0.15, 0.2) is 11.6 Å². The Bertz CT molecular complexity index is 5290. The van der Waals surface area contributed by atoms with E-state index in [0.717, 1.165) is 126 Å². The second kappa shape index (κ2) is 51.1. The monoisotopic (exact) mass is 1820 g/mol. The van der Waals surface area contributed by atoms with Gasteiger partial charge in [-0.3, -0.25) is 39.1 Å². The molecule has 2 saturated heterocycles. The maximum Gasteiger partial charge on any atom is 0.514 e. The predicted octanol–water partition coefficient (Wildman–Crippen LogP) is 11.8. The lowest BCUT2D eigenvalue weighted by molar-refractivity contribution is -0.384. The van der Waals surface area contributed by atoms with Crippen molar-refractivity contribution in [2.75, 3.05) is 113 Å². The first-order chi connectivity index (χ1) is 63.3. The molecular weight excluding hydrogens is 1690 g/mol. The van der Waals surface area contributed by atoms with Crippen molar-refractivity contribution in [1.82, 2.24) is 70.4 Å². The van der Waals surface area contributed by atoms with E-state index >= 15 is 0 Å². The lowest BCUT2D eigenvalue weighted by Crippen LogP contribution is -2.59. The molecule has 0 unspecified atom stereocenters. The highest BCUT2D eigenvalue weighted by Crippen LogP contribution is 2.32. The number of likely N-dealkylation sites (N-methyl/N-ethyl adjacent to an activating group) is 2. The third-order valence-electron chi connectivity index (χ3n) is 23.2. The average Bonchev–Trinajstić information content (AvgIpc) is 1.64. The van der Waals surface area contributed by atoms with Gasteiger partial charge in [0.25, 0.3) is 5.69 Å². The molecule has 4 atom stereocenters. The first-order valence-corrected chi connectivity index (χ1v) is 44.9. The normalized spacial score (nSPS) is 13.5. The van der Waals surface area contributed by atoms with Crippen LogP contribution in [0.4, 0.5) is 59.8 Å². The first-order valence-electron chi connectivity index (χ1n) is 44.9. The number of unbranched alkanes of at least 4 members (excludes halogenated alkanes) is 4. The van der Waals surface area contributed by atoms with Crippen molar-refractivity contribution in [2.45, 2.75) is 183 Å². The lowest BCUT2D eigenvalue weighted by atomic mass is 9.96. The summed E-state index contributed by atoms with van der Waals surface area (Å²) in [5.41, 5.74) is 32.5. The van der Waals surface area contributed by atoms with E-state index in [2.05, 4.69) is 137 Å². The molecule has 0 bridgehead atoms. The third-order valence-corrected chi connectivity index (χ3v) is 23.2. The van der Waals surface area contributed by atoms with Crippen molar-refractivity contribution >= 4 is 111 Å². The molecule has 132 heavy (non-hydrogen) atoms. The molecule has 9 aromatic rings. The molecule has 4 aromatic heterocycles. The van der Waals surface area contributed by atoms with E-state index < -0.39 is 47.2 Å². The number of nitro benzene ring substituents is 1. The number of nitro groups is 1.